The molecule has 4 atom stereocenters. The lowest BCUT2D eigenvalue weighted by molar-refractivity contribution is 0.0954. The first-order valence-electron chi connectivity index (χ1n) is 11.6. The fraction of sp³-hybridized carbons (Fsp3) is 0.500. The predicted octanol–water partition coefficient (Wildman–Crippen LogP) is 5.19. The number of fused-ring (bicyclic) bond motifs is 5. The van der Waals surface area contributed by atoms with E-state index in [0.29, 0.717) is 17.8 Å². The van der Waals surface area contributed by atoms with Gasteiger partial charge in [-0.05, 0) is 98.6 Å². The summed E-state index contributed by atoms with van der Waals surface area (Å²) in [6.07, 6.45) is 6.42. The summed E-state index contributed by atoms with van der Waals surface area (Å²) in [6.45, 7) is 4.25. The van der Waals surface area contributed by atoms with Crippen molar-refractivity contribution in [2.45, 2.75) is 63.2 Å². The molecular weight excluding hydrogens is 420 g/mol. The van der Waals surface area contributed by atoms with Crippen LogP contribution in [0.4, 0.5) is 0 Å². The van der Waals surface area contributed by atoms with E-state index in [2.05, 4.69) is 35.1 Å². The minimum Gasteiger partial charge on any atom is -0.497 e. The van der Waals surface area contributed by atoms with Gasteiger partial charge in [-0.2, -0.15) is 13.5 Å². The van der Waals surface area contributed by atoms with Gasteiger partial charge in [-0.1, -0.05) is 30.7 Å². The predicted molar refractivity (Wildman–Crippen MR) is 127 cm³/mol. The molecule has 0 amide bonds. The molecule has 0 bridgehead atoms. The molecule has 4 unspecified atom stereocenters. The maximum Gasteiger partial charge on any atom is 0.276 e. The Kier molecular flexibility index (Phi) is 5.31. The third-order valence-corrected chi connectivity index (χ3v) is 9.53. The third-order valence-electron chi connectivity index (χ3n) is 8.31. The van der Waals surface area contributed by atoms with Crippen LogP contribution >= 0.6 is 0 Å². The van der Waals surface area contributed by atoms with Gasteiger partial charge in [0.1, 0.15) is 5.75 Å². The molecule has 2 fully saturated rings. The summed E-state index contributed by atoms with van der Waals surface area (Å²) in [4.78, 5) is 2.80. The zero-order valence-corrected chi connectivity index (χ0v) is 19.9. The van der Waals surface area contributed by atoms with Crippen molar-refractivity contribution >= 4 is 15.7 Å². The van der Waals surface area contributed by atoms with Crippen LogP contribution < -0.4 is 9.57 Å². The topological polar surface area (TPSA) is 67.8 Å². The van der Waals surface area contributed by atoms with Crippen LogP contribution in [0, 0.1) is 24.2 Å². The number of nitrogens with zero attached hydrogens (tertiary/aromatic N) is 1. The summed E-state index contributed by atoms with van der Waals surface area (Å²) in [6, 6.07) is 13.5. The number of methoxy groups -OCH3 is 1. The molecule has 0 heterocycles. The highest BCUT2D eigenvalue weighted by Crippen LogP contribution is 2.59. The minimum atomic E-state index is -3.65. The Morgan fingerprint density at radius 3 is 2.59 bits per heavy atom. The standard InChI is InChI=1S/C26H32N2O3S/c1-17-4-8-20(9-5-17)32(29,30)28-27-25-13-12-24-23-10-6-18-16-19(31-3)7-11-21(18)22(23)14-15-26(24,25)2/h4-5,7-9,11,16,22-24,28H,6,10,12-15H2,1-3H3/b27-25+. The first kappa shape index (κ1) is 21.5. The van der Waals surface area contributed by atoms with Gasteiger partial charge in [0.25, 0.3) is 10.0 Å². The second-order valence-corrected chi connectivity index (χ2v) is 11.6. The van der Waals surface area contributed by atoms with Crippen LogP contribution in [0.25, 0.3) is 0 Å². The van der Waals surface area contributed by atoms with Crippen molar-refractivity contribution in [1.29, 1.82) is 0 Å². The fourth-order valence-corrected chi connectivity index (χ4v) is 7.37. The van der Waals surface area contributed by atoms with E-state index in [4.69, 9.17) is 4.74 Å². The Balaban J connectivity index is 1.37. The first-order chi connectivity index (χ1) is 15.3. The first-order valence-corrected chi connectivity index (χ1v) is 13.1. The zero-order chi connectivity index (χ0) is 22.5. The van der Waals surface area contributed by atoms with Gasteiger partial charge in [-0.25, -0.2) is 4.83 Å². The summed E-state index contributed by atoms with van der Waals surface area (Å²) < 4.78 is 30.9. The molecule has 5 rings (SSSR count). The average Bonchev–Trinajstić information content (AvgIpc) is 3.13. The number of rotatable bonds is 4. The van der Waals surface area contributed by atoms with E-state index < -0.39 is 10.0 Å². The molecule has 0 aromatic heterocycles. The van der Waals surface area contributed by atoms with E-state index in [-0.39, 0.29) is 10.3 Å². The normalized spacial score (nSPS) is 30.3. The third kappa shape index (κ3) is 3.53. The largest absolute Gasteiger partial charge is 0.497 e. The van der Waals surface area contributed by atoms with Crippen LogP contribution in [0.2, 0.25) is 0 Å². The average molecular weight is 453 g/mol. The number of hydrazone groups is 1. The van der Waals surface area contributed by atoms with Crippen molar-refractivity contribution in [2.24, 2.45) is 22.4 Å². The van der Waals surface area contributed by atoms with Gasteiger partial charge >= 0.3 is 0 Å². The van der Waals surface area contributed by atoms with E-state index in [1.54, 1.807) is 19.2 Å². The highest BCUT2D eigenvalue weighted by molar-refractivity contribution is 7.89. The SMILES string of the molecule is COc1ccc2c(c1)CCC1C2CCC2(C)/C(=N/NS(=O)(=O)c3ccc(C)cc3)CCC12. The van der Waals surface area contributed by atoms with Gasteiger partial charge < -0.3 is 4.74 Å². The number of nitrogens with one attached hydrogen (secondary N) is 1. The van der Waals surface area contributed by atoms with Crippen molar-refractivity contribution < 1.29 is 13.2 Å². The smallest absolute Gasteiger partial charge is 0.276 e. The number of hydrogen-bond acceptors (Lipinski definition) is 4. The second-order valence-electron chi connectivity index (χ2n) is 9.94. The van der Waals surface area contributed by atoms with Crippen LogP contribution in [0.15, 0.2) is 52.5 Å². The number of ether oxygens (including phenoxy) is 1. The summed E-state index contributed by atoms with van der Waals surface area (Å²) in [5.74, 6) is 2.72. The molecule has 6 heteroatoms. The molecule has 2 saturated carbocycles. The molecule has 32 heavy (non-hydrogen) atoms. The number of benzene rings is 2. The van der Waals surface area contributed by atoms with Crippen LogP contribution in [-0.4, -0.2) is 21.2 Å². The van der Waals surface area contributed by atoms with Gasteiger partial charge in [0.05, 0.1) is 12.0 Å². The molecule has 170 valence electrons. The van der Waals surface area contributed by atoms with E-state index in [1.807, 2.05) is 19.1 Å². The van der Waals surface area contributed by atoms with Crippen molar-refractivity contribution in [3.63, 3.8) is 0 Å². The van der Waals surface area contributed by atoms with E-state index in [1.165, 1.54) is 17.5 Å². The molecule has 0 radical (unpaired) electrons. The maximum absolute atomic E-state index is 12.8. The summed E-state index contributed by atoms with van der Waals surface area (Å²) in [5, 5.41) is 4.52. The molecule has 0 spiro atoms. The van der Waals surface area contributed by atoms with E-state index in [0.717, 1.165) is 49.1 Å². The van der Waals surface area contributed by atoms with Gasteiger partial charge in [0.15, 0.2) is 0 Å². The second kappa shape index (κ2) is 7.91. The number of hydrogen-bond donors (Lipinski definition) is 1. The van der Waals surface area contributed by atoms with Crippen molar-refractivity contribution in [3.8, 4) is 5.75 Å². The molecule has 2 aromatic carbocycles. The molecule has 3 aliphatic rings. The maximum atomic E-state index is 12.8. The van der Waals surface area contributed by atoms with E-state index in [9.17, 15) is 8.42 Å². The molecule has 0 saturated heterocycles. The van der Waals surface area contributed by atoms with Crippen LogP contribution in [-0.2, 0) is 16.4 Å². The van der Waals surface area contributed by atoms with Crippen molar-refractivity contribution in [2.75, 3.05) is 7.11 Å². The quantitative estimate of drug-likeness (QED) is 0.649. The molecule has 3 aliphatic carbocycles. The van der Waals surface area contributed by atoms with Gasteiger partial charge in [0, 0.05) is 11.1 Å². The minimum absolute atomic E-state index is 0.0268. The summed E-state index contributed by atoms with van der Waals surface area (Å²) in [5.41, 5.74) is 4.96. The Morgan fingerprint density at radius 2 is 1.84 bits per heavy atom. The van der Waals surface area contributed by atoms with E-state index >= 15 is 0 Å². The van der Waals surface area contributed by atoms with Gasteiger partial charge in [-0.3, -0.25) is 0 Å². The Labute approximate surface area is 191 Å². The Bertz CT molecular complexity index is 1160. The molecule has 0 aliphatic heterocycles. The lowest BCUT2D eigenvalue weighted by Gasteiger charge is -2.49. The van der Waals surface area contributed by atoms with Crippen LogP contribution in [0.5, 0.6) is 5.75 Å². The lowest BCUT2D eigenvalue weighted by Crippen LogP contribution is -2.43. The van der Waals surface area contributed by atoms with Gasteiger partial charge in [-0.15, -0.1) is 0 Å². The number of aryl methyl sites for hydroxylation is 2. The Morgan fingerprint density at radius 1 is 1.06 bits per heavy atom. The van der Waals surface area contributed by atoms with Crippen LogP contribution in [0.1, 0.15) is 61.6 Å². The van der Waals surface area contributed by atoms with Crippen LogP contribution in [0.3, 0.4) is 0 Å². The molecule has 1 N–H and O–H groups in total. The summed E-state index contributed by atoms with van der Waals surface area (Å²) >= 11 is 0. The summed E-state index contributed by atoms with van der Waals surface area (Å²) in [7, 11) is -1.92. The monoisotopic (exact) mass is 452 g/mol. The molecule has 2 aromatic rings. The highest BCUT2D eigenvalue weighted by atomic mass is 32.2. The highest BCUT2D eigenvalue weighted by Gasteiger charge is 2.53. The van der Waals surface area contributed by atoms with Crippen molar-refractivity contribution in [1.82, 2.24) is 4.83 Å². The lowest BCUT2D eigenvalue weighted by atomic mass is 9.55. The fourth-order valence-electron chi connectivity index (χ4n) is 6.54. The molecule has 5 nitrogen and oxygen atoms in total. The zero-order valence-electron chi connectivity index (χ0n) is 19.1. The molecular formula is C26H32N2O3S. The number of sulfonamides is 1. The van der Waals surface area contributed by atoms with Crippen molar-refractivity contribution in [3.05, 3.63) is 59.2 Å². The Hall–Kier alpha value is -2.34. The van der Waals surface area contributed by atoms with Gasteiger partial charge in [0.2, 0.25) is 0 Å².